The van der Waals surface area contributed by atoms with Gasteiger partial charge in [0.25, 0.3) is 0 Å². The third-order valence-electron chi connectivity index (χ3n) is 6.88. The molecule has 0 saturated carbocycles. The van der Waals surface area contributed by atoms with E-state index in [1.54, 1.807) is 24.3 Å². The lowest BCUT2D eigenvalue weighted by atomic mass is 9.78. The van der Waals surface area contributed by atoms with Gasteiger partial charge in [-0.05, 0) is 71.8 Å². The standard InChI is InChI=1S/C33H28O10/c1-33(2,19-5-9-21(10-6-19)42-23-13-15-25(29(34)35)27(17-23)31(38)40-3)20-7-11-22(12-8-20)43-24-14-16-26(30(36)37)28(18-24)32(39)41-4/h5-18H,1-4H3,(H,34,35)(H,36,37). The molecule has 0 amide bonds. The number of carbonyl (C=O) groups is 4. The fraction of sp³-hybridized carbons (Fsp3) is 0.152. The van der Waals surface area contributed by atoms with Crippen LogP contribution in [0.3, 0.4) is 0 Å². The predicted molar refractivity (Wildman–Crippen MR) is 155 cm³/mol. The molecule has 43 heavy (non-hydrogen) atoms. The molecule has 0 aliphatic heterocycles. The number of methoxy groups -OCH3 is 2. The van der Waals surface area contributed by atoms with Crippen LogP contribution in [0.15, 0.2) is 84.9 Å². The van der Waals surface area contributed by atoms with E-state index in [0.717, 1.165) is 11.1 Å². The average molecular weight is 585 g/mol. The number of aromatic carboxylic acids is 2. The lowest BCUT2D eigenvalue weighted by Crippen LogP contribution is -2.18. The molecule has 0 saturated heterocycles. The first-order valence-corrected chi connectivity index (χ1v) is 12.9. The molecule has 0 aromatic heterocycles. The Labute approximate surface area is 247 Å². The molecule has 0 unspecified atom stereocenters. The number of ether oxygens (including phenoxy) is 4. The number of benzene rings is 4. The van der Waals surface area contributed by atoms with E-state index in [2.05, 4.69) is 13.8 Å². The summed E-state index contributed by atoms with van der Waals surface area (Å²) in [5.41, 5.74) is 0.954. The Morgan fingerprint density at radius 1 is 0.512 bits per heavy atom. The van der Waals surface area contributed by atoms with Gasteiger partial charge in [0.2, 0.25) is 0 Å². The first-order chi connectivity index (χ1) is 20.4. The highest BCUT2D eigenvalue weighted by Crippen LogP contribution is 2.35. The van der Waals surface area contributed by atoms with Crippen LogP contribution in [0.4, 0.5) is 0 Å². The molecule has 0 aliphatic rings. The van der Waals surface area contributed by atoms with Gasteiger partial charge in [0.1, 0.15) is 23.0 Å². The van der Waals surface area contributed by atoms with Crippen LogP contribution in [0, 0.1) is 0 Å². The van der Waals surface area contributed by atoms with Crippen LogP contribution in [0.2, 0.25) is 0 Å². The summed E-state index contributed by atoms with van der Waals surface area (Å²) in [5, 5.41) is 18.7. The van der Waals surface area contributed by atoms with E-state index >= 15 is 0 Å². The van der Waals surface area contributed by atoms with Gasteiger partial charge in [-0.1, -0.05) is 38.1 Å². The Hall–Kier alpha value is -5.64. The Morgan fingerprint density at radius 2 is 0.837 bits per heavy atom. The monoisotopic (exact) mass is 584 g/mol. The van der Waals surface area contributed by atoms with Gasteiger partial charge in [0, 0.05) is 5.41 Å². The number of rotatable bonds is 10. The van der Waals surface area contributed by atoms with Crippen molar-refractivity contribution in [2.45, 2.75) is 19.3 Å². The number of esters is 2. The minimum atomic E-state index is -1.25. The van der Waals surface area contributed by atoms with Crippen molar-refractivity contribution in [2.24, 2.45) is 0 Å². The van der Waals surface area contributed by atoms with E-state index in [1.165, 1.54) is 50.6 Å². The van der Waals surface area contributed by atoms with Gasteiger partial charge in [-0.2, -0.15) is 0 Å². The van der Waals surface area contributed by atoms with Gasteiger partial charge in [-0.25, -0.2) is 19.2 Å². The molecule has 2 N–H and O–H groups in total. The maximum absolute atomic E-state index is 12.0. The molecular formula is C33H28O10. The van der Waals surface area contributed by atoms with Crippen molar-refractivity contribution in [3.05, 3.63) is 118 Å². The van der Waals surface area contributed by atoms with Crippen molar-refractivity contribution in [3.8, 4) is 23.0 Å². The van der Waals surface area contributed by atoms with E-state index in [9.17, 15) is 29.4 Å². The fourth-order valence-electron chi connectivity index (χ4n) is 4.42. The molecule has 220 valence electrons. The lowest BCUT2D eigenvalue weighted by Gasteiger charge is -2.26. The highest BCUT2D eigenvalue weighted by Gasteiger charge is 2.24. The molecule has 10 heteroatoms. The van der Waals surface area contributed by atoms with Gasteiger partial charge >= 0.3 is 23.9 Å². The third-order valence-corrected chi connectivity index (χ3v) is 6.88. The van der Waals surface area contributed by atoms with Crippen molar-refractivity contribution >= 4 is 23.9 Å². The molecule has 0 fully saturated rings. The zero-order valence-electron chi connectivity index (χ0n) is 23.7. The quantitative estimate of drug-likeness (QED) is 0.196. The van der Waals surface area contributed by atoms with Crippen molar-refractivity contribution < 1.29 is 48.3 Å². The first-order valence-electron chi connectivity index (χ1n) is 12.9. The summed E-state index contributed by atoms with van der Waals surface area (Å²) < 4.78 is 21.1. The second-order valence-corrected chi connectivity index (χ2v) is 9.89. The van der Waals surface area contributed by atoms with Crippen molar-refractivity contribution in [1.82, 2.24) is 0 Å². The Bertz CT molecular complexity index is 1560. The predicted octanol–water partition coefficient (Wildman–Crippen LogP) is 6.57. The first kappa shape index (κ1) is 30.3. The highest BCUT2D eigenvalue weighted by atomic mass is 16.5. The number of carboxylic acid groups (broad SMARTS) is 2. The Balaban J connectivity index is 1.49. The summed E-state index contributed by atoms with van der Waals surface area (Å²) in [7, 11) is 2.35. The normalized spacial score (nSPS) is 10.9. The fourth-order valence-corrected chi connectivity index (χ4v) is 4.42. The maximum atomic E-state index is 12.0. The van der Waals surface area contributed by atoms with Crippen LogP contribution in [-0.2, 0) is 14.9 Å². The topological polar surface area (TPSA) is 146 Å². The summed E-state index contributed by atoms with van der Waals surface area (Å²) in [6.07, 6.45) is 0. The summed E-state index contributed by atoms with van der Waals surface area (Å²) in [6, 6.07) is 22.9. The minimum Gasteiger partial charge on any atom is -0.478 e. The van der Waals surface area contributed by atoms with E-state index in [0.29, 0.717) is 11.5 Å². The van der Waals surface area contributed by atoms with Gasteiger partial charge < -0.3 is 29.2 Å². The molecule has 0 heterocycles. The largest absolute Gasteiger partial charge is 0.478 e. The molecule has 0 bridgehead atoms. The van der Waals surface area contributed by atoms with Crippen LogP contribution < -0.4 is 9.47 Å². The number of hydrogen-bond acceptors (Lipinski definition) is 8. The molecule has 10 nitrogen and oxygen atoms in total. The second kappa shape index (κ2) is 12.5. The minimum absolute atomic E-state index is 0.112. The zero-order valence-corrected chi connectivity index (χ0v) is 23.7. The van der Waals surface area contributed by atoms with Gasteiger partial charge in [-0.3, -0.25) is 0 Å². The van der Waals surface area contributed by atoms with Gasteiger partial charge in [-0.15, -0.1) is 0 Å². The summed E-state index contributed by atoms with van der Waals surface area (Å²) >= 11 is 0. The van der Waals surface area contributed by atoms with Crippen LogP contribution in [-0.4, -0.2) is 48.3 Å². The van der Waals surface area contributed by atoms with E-state index in [4.69, 9.17) is 18.9 Å². The maximum Gasteiger partial charge on any atom is 0.338 e. The van der Waals surface area contributed by atoms with Crippen molar-refractivity contribution in [2.75, 3.05) is 14.2 Å². The van der Waals surface area contributed by atoms with Gasteiger partial charge in [0.15, 0.2) is 0 Å². The molecule has 0 radical (unpaired) electrons. The average Bonchev–Trinajstić information content (AvgIpc) is 3.00. The smallest absolute Gasteiger partial charge is 0.338 e. The van der Waals surface area contributed by atoms with Crippen LogP contribution >= 0.6 is 0 Å². The molecule has 0 atom stereocenters. The van der Waals surface area contributed by atoms with Crippen LogP contribution in [0.25, 0.3) is 0 Å². The Morgan fingerprint density at radius 3 is 1.14 bits per heavy atom. The number of hydrogen-bond donors (Lipinski definition) is 2. The van der Waals surface area contributed by atoms with E-state index in [1.807, 2.05) is 24.3 Å². The molecule has 4 aromatic carbocycles. The van der Waals surface area contributed by atoms with E-state index < -0.39 is 29.3 Å². The second-order valence-electron chi connectivity index (χ2n) is 9.89. The summed E-state index contributed by atoms with van der Waals surface area (Å²) in [4.78, 5) is 47.0. The molecule has 0 aliphatic carbocycles. The lowest BCUT2D eigenvalue weighted by molar-refractivity contribution is 0.0579. The van der Waals surface area contributed by atoms with Crippen molar-refractivity contribution in [1.29, 1.82) is 0 Å². The zero-order chi connectivity index (χ0) is 31.3. The van der Waals surface area contributed by atoms with E-state index in [-0.39, 0.29) is 33.8 Å². The molecule has 4 aromatic rings. The number of carboxylic acids is 2. The Kier molecular flexibility index (Phi) is 8.80. The molecular weight excluding hydrogens is 556 g/mol. The third kappa shape index (κ3) is 6.65. The van der Waals surface area contributed by atoms with Crippen molar-refractivity contribution in [3.63, 3.8) is 0 Å². The summed E-state index contributed by atoms with van der Waals surface area (Å²) in [6.45, 7) is 4.11. The highest BCUT2D eigenvalue weighted by molar-refractivity contribution is 6.03. The SMILES string of the molecule is COC(=O)c1cc(Oc2ccc(C(C)(C)c3ccc(Oc4ccc(C(=O)O)c(C(=O)OC)c4)cc3)cc2)ccc1C(=O)O. The van der Waals surface area contributed by atoms with Crippen LogP contribution in [0.5, 0.6) is 23.0 Å². The molecule has 0 spiro atoms. The summed E-state index contributed by atoms with van der Waals surface area (Å²) in [5.74, 6) is -2.52. The van der Waals surface area contributed by atoms with Gasteiger partial charge in [0.05, 0.1) is 36.5 Å². The van der Waals surface area contributed by atoms with Crippen LogP contribution in [0.1, 0.15) is 66.4 Å². The number of carbonyl (C=O) groups excluding carboxylic acids is 2. The molecule has 4 rings (SSSR count).